The van der Waals surface area contributed by atoms with Gasteiger partial charge >= 0.3 is 0 Å². The summed E-state index contributed by atoms with van der Waals surface area (Å²) in [6.45, 7) is 4.19. The predicted molar refractivity (Wildman–Crippen MR) is 161 cm³/mol. The lowest BCUT2D eigenvalue weighted by atomic mass is 10.0. The van der Waals surface area contributed by atoms with E-state index in [0.717, 1.165) is 46.8 Å². The molecule has 10 nitrogen and oxygen atoms in total. The predicted octanol–water partition coefficient (Wildman–Crippen LogP) is 4.56. The monoisotopic (exact) mass is 579 g/mol. The summed E-state index contributed by atoms with van der Waals surface area (Å²) in [5.41, 5.74) is 12.1. The number of fused-ring (bicyclic) bond motifs is 3. The zero-order valence-electron chi connectivity index (χ0n) is 23.0. The lowest BCUT2D eigenvalue weighted by molar-refractivity contribution is -0.123. The molecule has 0 radical (unpaired) electrons. The Morgan fingerprint density at radius 2 is 1.76 bits per heavy atom. The minimum absolute atomic E-state index is 0.250. The molecule has 11 heteroatoms. The SMILES string of the molecule is NC(=O)c1ccc2c(c1)sc1nc(-c3ccc(C4CCCN4)cc3)c(CCCN3CCCCC3)n12.O=CO.O=CO. The van der Waals surface area contributed by atoms with Gasteiger partial charge in [0.15, 0.2) is 4.96 Å². The normalized spacial score (nSPS) is 16.9. The molecule has 41 heavy (non-hydrogen) atoms. The van der Waals surface area contributed by atoms with Gasteiger partial charge in [0.05, 0.1) is 21.6 Å². The van der Waals surface area contributed by atoms with Crippen LogP contribution in [-0.2, 0) is 16.0 Å². The molecule has 6 rings (SSSR count). The Bertz CT molecular complexity index is 1450. The van der Waals surface area contributed by atoms with Crippen LogP contribution in [0.15, 0.2) is 42.5 Å². The topological polar surface area (TPSA) is 150 Å². The Morgan fingerprint density at radius 1 is 1.05 bits per heavy atom. The van der Waals surface area contributed by atoms with Crippen LogP contribution >= 0.6 is 11.3 Å². The van der Waals surface area contributed by atoms with E-state index in [4.69, 9.17) is 30.5 Å². The molecule has 2 aromatic carbocycles. The van der Waals surface area contributed by atoms with Gasteiger partial charge in [-0.3, -0.25) is 18.8 Å². The first-order valence-electron chi connectivity index (χ1n) is 14.0. The van der Waals surface area contributed by atoms with Crippen molar-refractivity contribution in [2.75, 3.05) is 26.2 Å². The smallest absolute Gasteiger partial charge is 0.290 e. The second-order valence-corrected chi connectivity index (χ2v) is 11.2. The fraction of sp³-hybridized carbons (Fsp3) is 0.400. The highest BCUT2D eigenvalue weighted by Gasteiger charge is 2.21. The number of amides is 1. The molecule has 4 aromatic rings. The summed E-state index contributed by atoms with van der Waals surface area (Å²) in [5.74, 6) is -0.391. The van der Waals surface area contributed by atoms with E-state index in [1.54, 1.807) is 11.3 Å². The third-order valence-corrected chi connectivity index (χ3v) is 8.62. The van der Waals surface area contributed by atoms with Gasteiger partial charge in [-0.2, -0.15) is 0 Å². The van der Waals surface area contributed by atoms with Crippen molar-refractivity contribution in [2.45, 2.75) is 51.0 Å². The van der Waals surface area contributed by atoms with Gasteiger partial charge < -0.3 is 26.2 Å². The second-order valence-electron chi connectivity index (χ2n) is 10.2. The summed E-state index contributed by atoms with van der Waals surface area (Å²) in [4.78, 5) is 37.1. The molecule has 0 aliphatic carbocycles. The molecular formula is C30H37N5O5S. The van der Waals surface area contributed by atoms with Crippen LogP contribution in [0, 0.1) is 0 Å². The highest BCUT2D eigenvalue weighted by molar-refractivity contribution is 7.23. The van der Waals surface area contributed by atoms with Crippen molar-refractivity contribution in [3.63, 3.8) is 0 Å². The van der Waals surface area contributed by atoms with Crippen LogP contribution in [0.2, 0.25) is 0 Å². The first kappa shape index (κ1) is 30.2. The van der Waals surface area contributed by atoms with Crippen LogP contribution in [-0.4, -0.2) is 69.5 Å². The first-order chi connectivity index (χ1) is 20.0. The summed E-state index contributed by atoms with van der Waals surface area (Å²) < 4.78 is 3.36. The number of nitrogens with two attached hydrogens (primary N) is 1. The molecule has 218 valence electrons. The zero-order valence-corrected chi connectivity index (χ0v) is 23.8. The summed E-state index contributed by atoms with van der Waals surface area (Å²) in [5, 5.41) is 17.4. The molecule has 0 spiro atoms. The number of benzene rings is 2. The van der Waals surface area contributed by atoms with Crippen LogP contribution in [0.3, 0.4) is 0 Å². The van der Waals surface area contributed by atoms with Crippen molar-refractivity contribution in [1.82, 2.24) is 19.6 Å². The fourth-order valence-corrected chi connectivity index (χ4v) is 6.82. The molecule has 0 saturated carbocycles. The van der Waals surface area contributed by atoms with Crippen LogP contribution in [0.25, 0.3) is 26.4 Å². The molecule has 2 aromatic heterocycles. The average molecular weight is 580 g/mol. The maximum Gasteiger partial charge on any atom is 0.290 e. The number of hydrogen-bond donors (Lipinski definition) is 4. The standard InChI is InChI=1S/C28H33N5OS.2CH2O2/c29-27(34)21-12-13-23-25(18-21)35-28-31-26(20-10-8-19(9-11-20)22-6-4-14-30-22)24(33(23)28)7-5-17-32-15-2-1-3-16-32;2*2-1-3/h8-13,18,22,30H,1-7,14-17H2,(H2,29,34);2*1H,(H,2,3). The van der Waals surface area contributed by atoms with Crippen LogP contribution in [0.5, 0.6) is 0 Å². The highest BCUT2D eigenvalue weighted by Crippen LogP contribution is 2.35. The van der Waals surface area contributed by atoms with E-state index in [-0.39, 0.29) is 12.9 Å². The van der Waals surface area contributed by atoms with Gasteiger partial charge in [-0.25, -0.2) is 4.98 Å². The number of hydrogen-bond acceptors (Lipinski definition) is 7. The molecule has 2 saturated heterocycles. The van der Waals surface area contributed by atoms with Crippen LogP contribution in [0.1, 0.15) is 66.2 Å². The zero-order chi connectivity index (χ0) is 29.2. The van der Waals surface area contributed by atoms with Crippen molar-refractivity contribution in [3.05, 3.63) is 59.3 Å². The van der Waals surface area contributed by atoms with E-state index in [0.29, 0.717) is 11.6 Å². The number of piperidine rings is 1. The van der Waals surface area contributed by atoms with Crippen molar-refractivity contribution in [2.24, 2.45) is 5.73 Å². The first-order valence-corrected chi connectivity index (χ1v) is 14.8. The maximum atomic E-state index is 11.7. The molecule has 2 aliphatic rings. The lowest BCUT2D eigenvalue weighted by Gasteiger charge is -2.26. The minimum atomic E-state index is -0.391. The van der Waals surface area contributed by atoms with Gasteiger partial charge in [0.2, 0.25) is 5.91 Å². The van der Waals surface area contributed by atoms with Gasteiger partial charge in [0, 0.05) is 17.2 Å². The summed E-state index contributed by atoms with van der Waals surface area (Å²) in [6.07, 6.45) is 8.55. The maximum absolute atomic E-state index is 11.7. The number of thiazole rings is 1. The Kier molecular flexibility index (Phi) is 10.8. The van der Waals surface area contributed by atoms with Crippen LogP contribution < -0.4 is 11.1 Å². The number of nitrogens with zero attached hydrogens (tertiary/aromatic N) is 3. The van der Waals surface area contributed by atoms with Crippen molar-refractivity contribution in [3.8, 4) is 11.3 Å². The Balaban J connectivity index is 0.000000596. The number of primary amides is 1. The lowest BCUT2D eigenvalue weighted by Crippen LogP contribution is -2.30. The van der Waals surface area contributed by atoms with E-state index in [1.807, 2.05) is 18.2 Å². The van der Waals surface area contributed by atoms with E-state index in [1.165, 1.54) is 62.0 Å². The molecular weight excluding hydrogens is 542 g/mol. The quantitative estimate of drug-likeness (QED) is 0.233. The third-order valence-electron chi connectivity index (χ3n) is 7.61. The fourth-order valence-electron chi connectivity index (χ4n) is 5.74. The molecule has 2 aliphatic heterocycles. The van der Waals surface area contributed by atoms with Gasteiger partial charge in [-0.1, -0.05) is 42.0 Å². The highest BCUT2D eigenvalue weighted by atomic mass is 32.1. The van der Waals surface area contributed by atoms with Crippen molar-refractivity contribution in [1.29, 1.82) is 0 Å². The molecule has 1 atom stereocenters. The second kappa shape index (κ2) is 14.7. The van der Waals surface area contributed by atoms with Crippen molar-refractivity contribution >= 4 is 45.4 Å². The van der Waals surface area contributed by atoms with E-state index < -0.39 is 5.91 Å². The number of likely N-dealkylation sites (tertiary alicyclic amines) is 1. The molecule has 1 amide bonds. The summed E-state index contributed by atoms with van der Waals surface area (Å²) >= 11 is 1.63. The van der Waals surface area contributed by atoms with Crippen LogP contribution in [0.4, 0.5) is 0 Å². The summed E-state index contributed by atoms with van der Waals surface area (Å²) in [7, 11) is 0. The Labute approximate surface area is 242 Å². The summed E-state index contributed by atoms with van der Waals surface area (Å²) in [6, 6.07) is 15.2. The number of carboxylic acid groups (broad SMARTS) is 2. The van der Waals surface area contributed by atoms with Crippen molar-refractivity contribution < 1.29 is 24.6 Å². The molecule has 1 unspecified atom stereocenters. The number of aryl methyl sites for hydroxylation is 1. The number of aromatic nitrogens is 2. The Morgan fingerprint density at radius 3 is 2.39 bits per heavy atom. The van der Waals surface area contributed by atoms with Gasteiger partial charge in [0.25, 0.3) is 12.9 Å². The molecule has 2 fully saturated rings. The number of imidazole rings is 1. The number of rotatable bonds is 7. The van der Waals surface area contributed by atoms with Gasteiger partial charge in [0.1, 0.15) is 0 Å². The molecule has 5 N–H and O–H groups in total. The number of nitrogens with one attached hydrogen (secondary N) is 1. The number of carbonyl (C=O) groups excluding carboxylic acids is 1. The Hall–Kier alpha value is -3.80. The number of carbonyl (C=O) groups is 3. The van der Waals surface area contributed by atoms with Gasteiger partial charge in [-0.05, 0) is 88.5 Å². The molecule has 0 bridgehead atoms. The van der Waals surface area contributed by atoms with E-state index in [9.17, 15) is 4.79 Å². The third kappa shape index (κ3) is 7.29. The average Bonchev–Trinajstić information content (AvgIpc) is 3.71. The minimum Gasteiger partial charge on any atom is -0.483 e. The largest absolute Gasteiger partial charge is 0.483 e. The molecule has 4 heterocycles. The van der Waals surface area contributed by atoms with E-state index in [2.05, 4.69) is 38.9 Å². The van der Waals surface area contributed by atoms with Gasteiger partial charge in [-0.15, -0.1) is 0 Å². The van der Waals surface area contributed by atoms with E-state index >= 15 is 0 Å².